The van der Waals surface area contributed by atoms with Gasteiger partial charge in [0, 0.05) is 56.1 Å². The van der Waals surface area contributed by atoms with Crippen LogP contribution in [0.1, 0.15) is 41.9 Å². The van der Waals surface area contributed by atoms with Crippen molar-refractivity contribution in [3.8, 4) is 0 Å². The summed E-state index contributed by atoms with van der Waals surface area (Å²) >= 11 is 6.28. The van der Waals surface area contributed by atoms with Crippen molar-refractivity contribution < 1.29 is 22.7 Å². The Labute approximate surface area is 222 Å². The van der Waals surface area contributed by atoms with Gasteiger partial charge in [-0.2, -0.15) is 13.2 Å². The fraction of sp³-hybridized carbons (Fsp3) is 0.536. The Balaban J connectivity index is 1.38. The third-order valence-corrected chi connectivity index (χ3v) is 7.65. The van der Waals surface area contributed by atoms with Gasteiger partial charge in [0.25, 0.3) is 0 Å². The number of halogens is 4. The van der Waals surface area contributed by atoms with Gasteiger partial charge >= 0.3 is 6.18 Å². The van der Waals surface area contributed by atoms with Crippen molar-refractivity contribution in [2.75, 3.05) is 53.0 Å². The van der Waals surface area contributed by atoms with Crippen molar-refractivity contribution in [3.05, 3.63) is 70.2 Å². The normalized spacial score (nSPS) is 21.1. The van der Waals surface area contributed by atoms with Gasteiger partial charge in [-0.3, -0.25) is 14.6 Å². The maximum atomic E-state index is 13.1. The number of morpholine rings is 1. The van der Waals surface area contributed by atoms with Gasteiger partial charge in [0.2, 0.25) is 5.91 Å². The molecule has 5 nitrogen and oxygen atoms in total. The molecule has 2 fully saturated rings. The van der Waals surface area contributed by atoms with E-state index in [9.17, 15) is 18.0 Å². The summed E-state index contributed by atoms with van der Waals surface area (Å²) in [5.41, 5.74) is 1.22. The predicted octanol–water partition coefficient (Wildman–Crippen LogP) is 5.29. The summed E-state index contributed by atoms with van der Waals surface area (Å²) < 4.78 is 44.3. The van der Waals surface area contributed by atoms with E-state index in [-0.39, 0.29) is 17.9 Å². The summed E-state index contributed by atoms with van der Waals surface area (Å²) in [5.74, 6) is 0.217. The highest BCUT2D eigenvalue weighted by Gasteiger charge is 2.38. The van der Waals surface area contributed by atoms with E-state index in [4.69, 9.17) is 16.3 Å². The highest BCUT2D eigenvalue weighted by molar-refractivity contribution is 6.30. The van der Waals surface area contributed by atoms with Crippen LogP contribution in [-0.2, 0) is 22.3 Å². The lowest BCUT2D eigenvalue weighted by Gasteiger charge is -2.29. The number of unbranched alkanes of at least 4 members (excludes halogenated alkanes) is 1. The first-order valence-corrected chi connectivity index (χ1v) is 13.3. The van der Waals surface area contributed by atoms with Crippen LogP contribution in [0, 0.1) is 0 Å². The van der Waals surface area contributed by atoms with E-state index in [2.05, 4.69) is 9.80 Å². The second-order valence-corrected chi connectivity index (χ2v) is 10.5. The molecule has 0 aromatic heterocycles. The van der Waals surface area contributed by atoms with Crippen LogP contribution < -0.4 is 0 Å². The molecule has 0 aliphatic carbocycles. The molecule has 2 aliphatic heterocycles. The monoisotopic (exact) mass is 537 g/mol. The second kappa shape index (κ2) is 12.6. The molecule has 9 heteroatoms. The molecule has 0 radical (unpaired) electrons. The highest BCUT2D eigenvalue weighted by atomic mass is 35.5. The first-order chi connectivity index (χ1) is 17.7. The minimum absolute atomic E-state index is 0.0260. The average molecular weight is 538 g/mol. The summed E-state index contributed by atoms with van der Waals surface area (Å²) in [7, 11) is 1.97. The van der Waals surface area contributed by atoms with E-state index >= 15 is 0 Å². The van der Waals surface area contributed by atoms with Crippen molar-refractivity contribution in [2.24, 2.45) is 0 Å². The van der Waals surface area contributed by atoms with Gasteiger partial charge in [-0.25, -0.2) is 0 Å². The molecule has 1 amide bonds. The van der Waals surface area contributed by atoms with Gasteiger partial charge < -0.3 is 9.64 Å². The third-order valence-electron chi connectivity index (χ3n) is 7.42. The Kier molecular flexibility index (Phi) is 9.51. The largest absolute Gasteiger partial charge is 0.416 e. The summed E-state index contributed by atoms with van der Waals surface area (Å²) in [4.78, 5) is 19.6. The zero-order valence-corrected chi connectivity index (χ0v) is 22.0. The molecule has 2 aromatic rings. The molecule has 2 heterocycles. The zero-order chi connectivity index (χ0) is 26.4. The highest BCUT2D eigenvalue weighted by Crippen LogP contribution is 2.34. The van der Waals surface area contributed by atoms with Gasteiger partial charge in [-0.15, -0.1) is 0 Å². The van der Waals surface area contributed by atoms with Crippen LogP contribution in [0.3, 0.4) is 0 Å². The molecule has 0 unspecified atom stereocenters. The molecule has 2 aliphatic rings. The number of carbonyl (C=O) groups excluding carboxylic acids is 1. The van der Waals surface area contributed by atoms with Crippen LogP contribution in [-0.4, -0.2) is 79.6 Å². The standard InChI is InChI=1S/C28H35ClF3N3O2/c1-33(18-21-8-10-23(11-9-21)28(30,31)32)26-20-35(19-25(26)22-5-4-6-24(29)17-22)27(36)7-2-3-12-34-13-15-37-16-14-34/h4-6,8-11,17,25-26H,2-3,7,12-16,18-20H2,1H3/t25-,26-/m1/s1. The molecule has 2 saturated heterocycles. The van der Waals surface area contributed by atoms with Crippen molar-refractivity contribution in [1.82, 2.24) is 14.7 Å². The van der Waals surface area contributed by atoms with E-state index in [0.29, 0.717) is 31.1 Å². The molecule has 2 aromatic carbocycles. The maximum absolute atomic E-state index is 13.1. The van der Waals surface area contributed by atoms with Crippen LogP contribution in [0.5, 0.6) is 0 Å². The van der Waals surface area contributed by atoms with Crippen LogP contribution in [0.25, 0.3) is 0 Å². The summed E-state index contributed by atoms with van der Waals surface area (Å²) in [6, 6.07) is 13.1. The van der Waals surface area contributed by atoms with Crippen molar-refractivity contribution in [2.45, 2.75) is 43.9 Å². The molecule has 37 heavy (non-hydrogen) atoms. The fourth-order valence-corrected chi connectivity index (χ4v) is 5.50. The summed E-state index contributed by atoms with van der Waals surface area (Å²) in [6.07, 6.45) is -2.01. The number of alkyl halides is 3. The fourth-order valence-electron chi connectivity index (χ4n) is 5.30. The van der Waals surface area contributed by atoms with Gasteiger partial charge in [0.15, 0.2) is 0 Å². The smallest absolute Gasteiger partial charge is 0.379 e. The third kappa shape index (κ3) is 7.69. The quantitative estimate of drug-likeness (QED) is 0.407. The van der Waals surface area contributed by atoms with Crippen LogP contribution in [0.15, 0.2) is 48.5 Å². The van der Waals surface area contributed by atoms with Gasteiger partial charge in [0.1, 0.15) is 0 Å². The number of carbonyl (C=O) groups is 1. The number of ether oxygens (including phenoxy) is 1. The van der Waals surface area contributed by atoms with Gasteiger partial charge in [-0.1, -0.05) is 35.9 Å². The van der Waals surface area contributed by atoms with Gasteiger partial charge in [0.05, 0.1) is 18.8 Å². The molecule has 4 rings (SSSR count). The number of hydrogen-bond acceptors (Lipinski definition) is 4. The lowest BCUT2D eigenvalue weighted by Crippen LogP contribution is -2.38. The second-order valence-electron chi connectivity index (χ2n) is 10.0. The van der Waals surface area contributed by atoms with Gasteiger partial charge in [-0.05, 0) is 61.8 Å². The molecular weight excluding hydrogens is 503 g/mol. The van der Waals surface area contributed by atoms with Crippen LogP contribution in [0.2, 0.25) is 5.02 Å². The number of likely N-dealkylation sites (tertiary alicyclic amines) is 1. The van der Waals surface area contributed by atoms with E-state index in [1.54, 1.807) is 0 Å². The number of rotatable bonds is 9. The Morgan fingerprint density at radius 2 is 1.81 bits per heavy atom. The summed E-state index contributed by atoms with van der Waals surface area (Å²) in [5, 5.41) is 0.648. The van der Waals surface area contributed by atoms with Crippen LogP contribution >= 0.6 is 11.6 Å². The Hall–Kier alpha value is -2.13. The van der Waals surface area contributed by atoms with Crippen molar-refractivity contribution in [1.29, 1.82) is 0 Å². The number of hydrogen-bond donors (Lipinski definition) is 0. The topological polar surface area (TPSA) is 36.0 Å². The summed E-state index contributed by atoms with van der Waals surface area (Å²) in [6.45, 7) is 6.11. The average Bonchev–Trinajstić information content (AvgIpc) is 3.33. The predicted molar refractivity (Wildman–Crippen MR) is 139 cm³/mol. The van der Waals surface area contributed by atoms with E-state index < -0.39 is 11.7 Å². The lowest BCUT2D eigenvalue weighted by atomic mass is 9.93. The molecule has 0 spiro atoms. The number of likely N-dealkylation sites (N-methyl/N-ethyl adjacent to an activating group) is 1. The molecule has 202 valence electrons. The number of benzene rings is 2. The SMILES string of the molecule is CN(Cc1ccc(C(F)(F)F)cc1)[C@@H]1CN(C(=O)CCCCN2CCOCC2)C[C@@H]1c1cccc(Cl)c1. The molecule has 0 N–H and O–H groups in total. The molecular formula is C28H35ClF3N3O2. The maximum Gasteiger partial charge on any atom is 0.416 e. The lowest BCUT2D eigenvalue weighted by molar-refractivity contribution is -0.137. The first-order valence-electron chi connectivity index (χ1n) is 12.9. The van der Waals surface area contributed by atoms with E-state index in [1.807, 2.05) is 36.2 Å². The van der Waals surface area contributed by atoms with E-state index in [1.165, 1.54) is 12.1 Å². The molecule has 2 atom stereocenters. The van der Waals surface area contributed by atoms with Crippen molar-refractivity contribution in [3.63, 3.8) is 0 Å². The molecule has 0 bridgehead atoms. The minimum Gasteiger partial charge on any atom is -0.379 e. The van der Waals surface area contributed by atoms with E-state index in [0.717, 1.165) is 68.9 Å². The Bertz CT molecular complexity index is 1030. The number of nitrogens with zero attached hydrogens (tertiary/aromatic N) is 3. The zero-order valence-electron chi connectivity index (χ0n) is 21.2. The Morgan fingerprint density at radius 1 is 1.08 bits per heavy atom. The molecule has 0 saturated carbocycles. The number of amides is 1. The van der Waals surface area contributed by atoms with Crippen molar-refractivity contribution >= 4 is 17.5 Å². The van der Waals surface area contributed by atoms with Crippen LogP contribution in [0.4, 0.5) is 13.2 Å². The Morgan fingerprint density at radius 3 is 2.49 bits per heavy atom. The first kappa shape index (κ1) is 27.9. The minimum atomic E-state index is -4.35.